The molecule has 15 heavy (non-hydrogen) atoms. The summed E-state index contributed by atoms with van der Waals surface area (Å²) in [4.78, 5) is 0. The van der Waals surface area contributed by atoms with Gasteiger partial charge in [0.15, 0.2) is 0 Å². The molecule has 1 unspecified atom stereocenters. The van der Waals surface area contributed by atoms with Crippen LogP contribution in [0.4, 0.5) is 13.2 Å². The summed E-state index contributed by atoms with van der Waals surface area (Å²) < 4.78 is 35.5. The van der Waals surface area contributed by atoms with Crippen molar-refractivity contribution >= 4 is 11.8 Å². The number of halogens is 3. The van der Waals surface area contributed by atoms with Crippen LogP contribution in [-0.2, 0) is 0 Å². The fraction of sp³-hybridized carbons (Fsp3) is 1.00. The molecule has 1 atom stereocenters. The SMILES string of the molecule is OC(CCC(F)(F)F)CSC1CCCC1. The summed E-state index contributed by atoms with van der Waals surface area (Å²) in [5, 5.41) is 9.91. The van der Waals surface area contributed by atoms with Crippen LogP contribution in [0.25, 0.3) is 0 Å². The van der Waals surface area contributed by atoms with E-state index in [1.54, 1.807) is 11.8 Å². The molecule has 1 rings (SSSR count). The molecule has 0 aliphatic heterocycles. The molecule has 1 fully saturated rings. The largest absolute Gasteiger partial charge is 0.392 e. The second kappa shape index (κ2) is 5.99. The molecule has 5 heteroatoms. The summed E-state index contributed by atoms with van der Waals surface area (Å²) in [6.07, 6.45) is -1.25. The molecule has 1 aliphatic rings. The van der Waals surface area contributed by atoms with E-state index in [0.717, 1.165) is 12.8 Å². The van der Waals surface area contributed by atoms with Crippen LogP contribution in [0.2, 0.25) is 0 Å². The lowest BCUT2D eigenvalue weighted by Crippen LogP contribution is -2.17. The lowest BCUT2D eigenvalue weighted by molar-refractivity contribution is -0.139. The summed E-state index contributed by atoms with van der Waals surface area (Å²) in [5.41, 5.74) is 0. The molecule has 1 N–H and O–H groups in total. The average Bonchev–Trinajstić information content (AvgIpc) is 2.62. The van der Waals surface area contributed by atoms with Crippen molar-refractivity contribution < 1.29 is 18.3 Å². The molecule has 90 valence electrons. The van der Waals surface area contributed by atoms with Gasteiger partial charge in [0, 0.05) is 17.4 Å². The zero-order valence-electron chi connectivity index (χ0n) is 8.59. The van der Waals surface area contributed by atoms with E-state index in [9.17, 15) is 18.3 Å². The van der Waals surface area contributed by atoms with Gasteiger partial charge in [-0.05, 0) is 19.3 Å². The summed E-state index contributed by atoms with van der Waals surface area (Å²) >= 11 is 1.63. The van der Waals surface area contributed by atoms with E-state index >= 15 is 0 Å². The van der Waals surface area contributed by atoms with Gasteiger partial charge >= 0.3 is 6.18 Å². The smallest absolute Gasteiger partial charge is 0.389 e. The Labute approximate surface area is 92.4 Å². The Hall–Kier alpha value is 0.100. The van der Waals surface area contributed by atoms with E-state index in [-0.39, 0.29) is 6.42 Å². The maximum Gasteiger partial charge on any atom is 0.389 e. The minimum absolute atomic E-state index is 0.163. The van der Waals surface area contributed by atoms with Gasteiger partial charge < -0.3 is 5.11 Å². The third-order valence-electron chi connectivity index (χ3n) is 2.59. The predicted molar refractivity (Wildman–Crippen MR) is 56.0 cm³/mol. The Morgan fingerprint density at radius 2 is 1.87 bits per heavy atom. The lowest BCUT2D eigenvalue weighted by atomic mass is 10.2. The standard InChI is InChI=1S/C10H17F3OS/c11-10(12,13)6-5-8(14)7-15-9-3-1-2-4-9/h8-9,14H,1-7H2. The number of rotatable bonds is 5. The Morgan fingerprint density at radius 3 is 2.40 bits per heavy atom. The van der Waals surface area contributed by atoms with Crippen LogP contribution >= 0.6 is 11.8 Å². The summed E-state index contributed by atoms with van der Waals surface area (Å²) in [5.74, 6) is 0.445. The van der Waals surface area contributed by atoms with E-state index in [2.05, 4.69) is 0 Å². The second-order valence-electron chi connectivity index (χ2n) is 4.05. The normalized spacial score (nSPS) is 20.8. The van der Waals surface area contributed by atoms with Gasteiger partial charge in [-0.1, -0.05) is 12.8 Å². The molecule has 0 spiro atoms. The molecule has 0 heterocycles. The quantitative estimate of drug-likeness (QED) is 0.797. The first-order chi connectivity index (χ1) is 6.97. The molecule has 1 aliphatic carbocycles. The van der Waals surface area contributed by atoms with Gasteiger partial charge in [-0.3, -0.25) is 0 Å². The highest BCUT2D eigenvalue weighted by Crippen LogP contribution is 2.30. The van der Waals surface area contributed by atoms with E-state index in [1.165, 1.54) is 12.8 Å². The van der Waals surface area contributed by atoms with Crippen molar-refractivity contribution in [2.75, 3.05) is 5.75 Å². The van der Waals surface area contributed by atoms with Crippen LogP contribution in [0.5, 0.6) is 0 Å². The van der Waals surface area contributed by atoms with Gasteiger partial charge in [-0.2, -0.15) is 24.9 Å². The van der Waals surface area contributed by atoms with Crippen LogP contribution in [0, 0.1) is 0 Å². The maximum absolute atomic E-state index is 11.8. The number of hydrogen-bond acceptors (Lipinski definition) is 2. The van der Waals surface area contributed by atoms with Gasteiger partial charge in [-0.25, -0.2) is 0 Å². The number of aliphatic hydroxyl groups excluding tert-OH is 1. The Kier molecular flexibility index (Phi) is 5.26. The summed E-state index contributed by atoms with van der Waals surface area (Å²) in [6, 6.07) is 0. The summed E-state index contributed by atoms with van der Waals surface area (Å²) in [6.45, 7) is 0. The number of thioether (sulfide) groups is 1. The molecule has 0 bridgehead atoms. The molecular weight excluding hydrogens is 225 g/mol. The Bertz CT molecular complexity index is 178. The van der Waals surface area contributed by atoms with Crippen LogP contribution in [0.3, 0.4) is 0 Å². The first-order valence-corrected chi connectivity index (χ1v) is 6.38. The van der Waals surface area contributed by atoms with Crippen molar-refractivity contribution in [3.8, 4) is 0 Å². The first-order valence-electron chi connectivity index (χ1n) is 5.34. The topological polar surface area (TPSA) is 20.2 Å². The van der Waals surface area contributed by atoms with E-state index in [4.69, 9.17) is 0 Å². The minimum Gasteiger partial charge on any atom is -0.392 e. The second-order valence-corrected chi connectivity index (χ2v) is 5.38. The number of aliphatic hydroxyl groups is 1. The Balaban J connectivity index is 2.05. The monoisotopic (exact) mass is 242 g/mol. The van der Waals surface area contributed by atoms with Gasteiger partial charge in [0.2, 0.25) is 0 Å². The minimum atomic E-state index is -4.14. The molecule has 0 amide bonds. The molecule has 0 aromatic rings. The molecular formula is C10H17F3OS. The van der Waals surface area contributed by atoms with Crippen LogP contribution < -0.4 is 0 Å². The van der Waals surface area contributed by atoms with Crippen molar-refractivity contribution in [1.29, 1.82) is 0 Å². The molecule has 0 aromatic heterocycles. The van der Waals surface area contributed by atoms with Gasteiger partial charge in [0.25, 0.3) is 0 Å². The molecule has 0 saturated heterocycles. The van der Waals surface area contributed by atoms with Crippen LogP contribution in [-0.4, -0.2) is 28.4 Å². The molecule has 0 aromatic carbocycles. The van der Waals surface area contributed by atoms with Crippen LogP contribution in [0.1, 0.15) is 38.5 Å². The van der Waals surface area contributed by atoms with Crippen molar-refractivity contribution in [1.82, 2.24) is 0 Å². The maximum atomic E-state index is 11.8. The highest BCUT2D eigenvalue weighted by Gasteiger charge is 2.28. The first kappa shape index (κ1) is 13.2. The van der Waals surface area contributed by atoms with Gasteiger partial charge in [0.05, 0.1) is 6.10 Å². The van der Waals surface area contributed by atoms with E-state index < -0.39 is 18.7 Å². The zero-order valence-corrected chi connectivity index (χ0v) is 9.41. The fourth-order valence-corrected chi connectivity index (χ4v) is 3.04. The number of alkyl halides is 3. The summed E-state index contributed by atoms with van der Waals surface area (Å²) in [7, 11) is 0. The van der Waals surface area contributed by atoms with Crippen molar-refractivity contribution in [3.05, 3.63) is 0 Å². The van der Waals surface area contributed by atoms with Gasteiger partial charge in [-0.15, -0.1) is 0 Å². The van der Waals surface area contributed by atoms with E-state index in [1.807, 2.05) is 0 Å². The van der Waals surface area contributed by atoms with E-state index in [0.29, 0.717) is 11.0 Å². The van der Waals surface area contributed by atoms with Crippen molar-refractivity contribution in [2.24, 2.45) is 0 Å². The highest BCUT2D eigenvalue weighted by molar-refractivity contribution is 7.99. The van der Waals surface area contributed by atoms with Gasteiger partial charge in [0.1, 0.15) is 0 Å². The third-order valence-corrected chi connectivity index (χ3v) is 4.11. The highest BCUT2D eigenvalue weighted by atomic mass is 32.2. The third kappa shape index (κ3) is 6.30. The molecule has 1 saturated carbocycles. The van der Waals surface area contributed by atoms with Crippen molar-refractivity contribution in [2.45, 2.75) is 56.1 Å². The molecule has 1 nitrogen and oxygen atoms in total. The zero-order chi connectivity index (χ0) is 11.3. The lowest BCUT2D eigenvalue weighted by Gasteiger charge is -2.14. The van der Waals surface area contributed by atoms with Crippen molar-refractivity contribution in [3.63, 3.8) is 0 Å². The fourth-order valence-electron chi connectivity index (χ4n) is 1.72. The van der Waals surface area contributed by atoms with Crippen LogP contribution in [0.15, 0.2) is 0 Å². The predicted octanol–water partition coefficient (Wildman–Crippen LogP) is 3.37. The molecule has 0 radical (unpaired) electrons. The Morgan fingerprint density at radius 1 is 1.27 bits per heavy atom. The number of hydrogen-bond donors (Lipinski definition) is 1. The average molecular weight is 242 g/mol.